The van der Waals surface area contributed by atoms with Crippen LogP contribution in [0.2, 0.25) is 0 Å². The van der Waals surface area contributed by atoms with Crippen LogP contribution in [-0.4, -0.2) is 21.8 Å². The van der Waals surface area contributed by atoms with Gasteiger partial charge in [-0.15, -0.1) is 0 Å². The van der Waals surface area contributed by atoms with E-state index in [1.54, 1.807) is 0 Å². The standard InChI is InChI=1S/C14H20N4/c1-9-10(2)17-18(12(9)4)14-8-13(6-7-16-14)11(3)15-5/h6-8,11,15H,1-5H3. The molecule has 0 saturated heterocycles. The van der Waals surface area contributed by atoms with Gasteiger partial charge in [-0.25, -0.2) is 9.67 Å². The number of aromatic nitrogens is 3. The predicted octanol–water partition coefficient (Wildman–Crippen LogP) is 2.47. The van der Waals surface area contributed by atoms with Gasteiger partial charge in [-0.2, -0.15) is 5.10 Å². The lowest BCUT2D eigenvalue weighted by atomic mass is 10.1. The Bertz CT molecular complexity index is 557. The number of rotatable bonds is 3. The fourth-order valence-electron chi connectivity index (χ4n) is 1.93. The first-order valence-electron chi connectivity index (χ1n) is 6.21. The first-order chi connectivity index (χ1) is 8.54. The second-order valence-electron chi connectivity index (χ2n) is 4.67. The van der Waals surface area contributed by atoms with Crippen molar-refractivity contribution in [3.63, 3.8) is 0 Å². The van der Waals surface area contributed by atoms with Gasteiger partial charge >= 0.3 is 0 Å². The van der Waals surface area contributed by atoms with Gasteiger partial charge in [0.25, 0.3) is 0 Å². The second-order valence-corrected chi connectivity index (χ2v) is 4.67. The number of pyridine rings is 1. The van der Waals surface area contributed by atoms with Crippen molar-refractivity contribution in [3.8, 4) is 5.82 Å². The zero-order valence-electron chi connectivity index (χ0n) is 11.7. The van der Waals surface area contributed by atoms with Crippen LogP contribution in [0.3, 0.4) is 0 Å². The molecule has 1 N–H and O–H groups in total. The van der Waals surface area contributed by atoms with Crippen LogP contribution in [0.4, 0.5) is 0 Å². The quantitative estimate of drug-likeness (QED) is 0.902. The number of hydrogen-bond acceptors (Lipinski definition) is 3. The molecule has 0 spiro atoms. The lowest BCUT2D eigenvalue weighted by molar-refractivity contribution is 0.649. The van der Waals surface area contributed by atoms with E-state index in [0.717, 1.165) is 17.2 Å². The van der Waals surface area contributed by atoms with Crippen LogP contribution in [0.25, 0.3) is 5.82 Å². The highest BCUT2D eigenvalue weighted by Gasteiger charge is 2.11. The van der Waals surface area contributed by atoms with Crippen LogP contribution in [0.5, 0.6) is 0 Å². The smallest absolute Gasteiger partial charge is 0.153 e. The zero-order chi connectivity index (χ0) is 13.3. The molecule has 2 heterocycles. The minimum absolute atomic E-state index is 0.310. The number of nitrogens with one attached hydrogen (secondary N) is 1. The van der Waals surface area contributed by atoms with E-state index >= 15 is 0 Å². The van der Waals surface area contributed by atoms with Gasteiger partial charge < -0.3 is 5.32 Å². The van der Waals surface area contributed by atoms with Crippen molar-refractivity contribution in [1.82, 2.24) is 20.1 Å². The summed E-state index contributed by atoms with van der Waals surface area (Å²) in [6.07, 6.45) is 1.84. The number of nitrogens with zero attached hydrogens (tertiary/aromatic N) is 3. The molecule has 18 heavy (non-hydrogen) atoms. The van der Waals surface area contributed by atoms with Crippen molar-refractivity contribution in [3.05, 3.63) is 40.8 Å². The molecule has 0 amide bonds. The maximum absolute atomic E-state index is 4.54. The van der Waals surface area contributed by atoms with Crippen LogP contribution in [0.1, 0.15) is 35.5 Å². The van der Waals surface area contributed by atoms with Gasteiger partial charge in [-0.05, 0) is 58.0 Å². The Labute approximate surface area is 108 Å². The molecule has 0 aromatic carbocycles. The van der Waals surface area contributed by atoms with E-state index in [1.807, 2.05) is 30.9 Å². The van der Waals surface area contributed by atoms with Gasteiger partial charge in [-0.3, -0.25) is 0 Å². The molecule has 4 heteroatoms. The Morgan fingerprint density at radius 1 is 1.28 bits per heavy atom. The van der Waals surface area contributed by atoms with Gasteiger partial charge in [0.1, 0.15) is 0 Å². The Morgan fingerprint density at radius 3 is 2.56 bits per heavy atom. The van der Waals surface area contributed by atoms with E-state index in [0.29, 0.717) is 6.04 Å². The summed E-state index contributed by atoms with van der Waals surface area (Å²) in [6, 6.07) is 4.42. The highest BCUT2D eigenvalue weighted by molar-refractivity contribution is 5.34. The maximum Gasteiger partial charge on any atom is 0.153 e. The van der Waals surface area contributed by atoms with Crippen molar-refractivity contribution in [2.24, 2.45) is 0 Å². The molecule has 0 aliphatic heterocycles. The van der Waals surface area contributed by atoms with Gasteiger partial charge in [-0.1, -0.05) is 0 Å². The van der Waals surface area contributed by atoms with Gasteiger partial charge in [0.15, 0.2) is 5.82 Å². The van der Waals surface area contributed by atoms with E-state index in [1.165, 1.54) is 11.1 Å². The van der Waals surface area contributed by atoms with Crippen molar-refractivity contribution in [2.75, 3.05) is 7.05 Å². The summed E-state index contributed by atoms with van der Waals surface area (Å²) in [5.74, 6) is 0.878. The van der Waals surface area contributed by atoms with Crippen molar-refractivity contribution in [1.29, 1.82) is 0 Å². The molecule has 0 bridgehead atoms. The molecule has 0 saturated carbocycles. The molecule has 0 fully saturated rings. The van der Waals surface area contributed by atoms with Crippen LogP contribution in [0.15, 0.2) is 18.3 Å². The summed E-state index contributed by atoms with van der Waals surface area (Å²) < 4.78 is 1.91. The summed E-state index contributed by atoms with van der Waals surface area (Å²) in [5, 5.41) is 7.77. The Balaban J connectivity index is 2.48. The third kappa shape index (κ3) is 2.16. The lowest BCUT2D eigenvalue weighted by Crippen LogP contribution is -2.13. The van der Waals surface area contributed by atoms with E-state index in [9.17, 15) is 0 Å². The van der Waals surface area contributed by atoms with E-state index < -0.39 is 0 Å². The topological polar surface area (TPSA) is 42.7 Å². The molecule has 2 rings (SSSR count). The molecule has 0 aliphatic carbocycles. The normalized spacial score (nSPS) is 12.7. The van der Waals surface area contributed by atoms with Gasteiger partial charge in [0.2, 0.25) is 0 Å². The first-order valence-corrected chi connectivity index (χ1v) is 6.21. The SMILES string of the molecule is CNC(C)c1ccnc(-n2nc(C)c(C)c2C)c1. The van der Waals surface area contributed by atoms with Crippen molar-refractivity contribution < 1.29 is 0 Å². The average Bonchev–Trinajstić information content (AvgIpc) is 2.66. The predicted molar refractivity (Wildman–Crippen MR) is 73.0 cm³/mol. The molecular formula is C14H20N4. The number of aryl methyl sites for hydroxylation is 1. The molecule has 0 radical (unpaired) electrons. The van der Waals surface area contributed by atoms with E-state index in [-0.39, 0.29) is 0 Å². The van der Waals surface area contributed by atoms with Crippen LogP contribution < -0.4 is 5.32 Å². The van der Waals surface area contributed by atoms with Crippen LogP contribution in [0, 0.1) is 20.8 Å². The third-order valence-corrected chi connectivity index (χ3v) is 3.57. The molecule has 96 valence electrons. The molecule has 1 atom stereocenters. The number of hydrogen-bond donors (Lipinski definition) is 1. The fraction of sp³-hybridized carbons (Fsp3) is 0.429. The van der Waals surface area contributed by atoms with Gasteiger partial charge in [0, 0.05) is 17.9 Å². The molecule has 2 aromatic heterocycles. The van der Waals surface area contributed by atoms with E-state index in [4.69, 9.17) is 0 Å². The minimum atomic E-state index is 0.310. The summed E-state index contributed by atoms with van der Waals surface area (Å²) in [7, 11) is 1.96. The maximum atomic E-state index is 4.54. The van der Waals surface area contributed by atoms with Crippen LogP contribution in [-0.2, 0) is 0 Å². The fourth-order valence-corrected chi connectivity index (χ4v) is 1.93. The summed E-state index contributed by atoms with van der Waals surface area (Å²) in [4.78, 5) is 4.41. The lowest BCUT2D eigenvalue weighted by Gasteiger charge is -2.12. The summed E-state index contributed by atoms with van der Waals surface area (Å²) in [6.45, 7) is 8.32. The Morgan fingerprint density at radius 2 is 2.00 bits per heavy atom. The highest BCUT2D eigenvalue weighted by Crippen LogP contribution is 2.18. The first kappa shape index (κ1) is 12.8. The van der Waals surface area contributed by atoms with Crippen molar-refractivity contribution in [2.45, 2.75) is 33.7 Å². The largest absolute Gasteiger partial charge is 0.313 e. The monoisotopic (exact) mass is 244 g/mol. The molecular weight excluding hydrogens is 224 g/mol. The molecule has 4 nitrogen and oxygen atoms in total. The third-order valence-electron chi connectivity index (χ3n) is 3.57. The Hall–Kier alpha value is -1.68. The highest BCUT2D eigenvalue weighted by atomic mass is 15.3. The summed E-state index contributed by atoms with van der Waals surface area (Å²) >= 11 is 0. The zero-order valence-corrected chi connectivity index (χ0v) is 11.7. The average molecular weight is 244 g/mol. The molecule has 0 aliphatic rings. The van der Waals surface area contributed by atoms with Gasteiger partial charge in [0.05, 0.1) is 5.69 Å². The summed E-state index contributed by atoms with van der Waals surface area (Å²) in [5.41, 5.74) is 4.65. The Kier molecular flexibility index (Phi) is 3.48. The van der Waals surface area contributed by atoms with Crippen LogP contribution >= 0.6 is 0 Å². The van der Waals surface area contributed by atoms with Crippen molar-refractivity contribution >= 4 is 0 Å². The second kappa shape index (κ2) is 4.90. The minimum Gasteiger partial charge on any atom is -0.313 e. The molecule has 2 aromatic rings. The molecule has 1 unspecified atom stereocenters. The van der Waals surface area contributed by atoms with E-state index in [2.05, 4.69) is 42.2 Å².